The van der Waals surface area contributed by atoms with Gasteiger partial charge in [0.1, 0.15) is 0 Å². The summed E-state index contributed by atoms with van der Waals surface area (Å²) in [5.41, 5.74) is 0. The Kier molecular flexibility index (Phi) is 3.37. The molecule has 0 heterocycles. The molecule has 0 spiro atoms. The summed E-state index contributed by atoms with van der Waals surface area (Å²) in [7, 11) is 0. The van der Waals surface area contributed by atoms with E-state index in [0.29, 0.717) is 0 Å². The molecule has 0 saturated heterocycles. The van der Waals surface area contributed by atoms with Crippen molar-refractivity contribution in [3.8, 4) is 0 Å². The van der Waals surface area contributed by atoms with Crippen LogP contribution in [0, 0.1) is 0 Å². The molecule has 0 unspecified atom stereocenters. The van der Waals surface area contributed by atoms with Crippen LogP contribution < -0.4 is 0 Å². The molecule has 0 aliphatic rings. The van der Waals surface area contributed by atoms with Gasteiger partial charge in [-0.25, -0.2) is 0 Å². The standard InChI is InChI=1S/C7H10S/c1-5-7(4)8-6(2)3/h5H,1-2,4H2,3H3. The lowest BCUT2D eigenvalue weighted by Crippen LogP contribution is -1.62. The first kappa shape index (κ1) is 7.57. The molecule has 44 valence electrons. The maximum absolute atomic E-state index is 3.70. The first-order valence-corrected chi connectivity index (χ1v) is 3.13. The van der Waals surface area contributed by atoms with E-state index in [9.17, 15) is 0 Å². The monoisotopic (exact) mass is 126 g/mol. The normalized spacial score (nSPS) is 8.12. The van der Waals surface area contributed by atoms with Crippen LogP contribution in [-0.4, -0.2) is 0 Å². The molecule has 1 heteroatoms. The third-order valence-corrected chi connectivity index (χ3v) is 1.31. The van der Waals surface area contributed by atoms with Crippen LogP contribution in [0.4, 0.5) is 0 Å². The molecule has 0 aromatic heterocycles. The van der Waals surface area contributed by atoms with Crippen LogP contribution >= 0.6 is 11.8 Å². The molecule has 0 saturated carbocycles. The highest BCUT2D eigenvalue weighted by molar-refractivity contribution is 8.06. The van der Waals surface area contributed by atoms with Crippen LogP contribution in [0.15, 0.2) is 35.6 Å². The second-order valence-corrected chi connectivity index (χ2v) is 2.90. The molecular formula is C7H10S. The lowest BCUT2D eigenvalue weighted by molar-refractivity contribution is 1.73. The van der Waals surface area contributed by atoms with Gasteiger partial charge in [-0.3, -0.25) is 0 Å². The maximum Gasteiger partial charge on any atom is 0.00405 e. The highest BCUT2D eigenvalue weighted by atomic mass is 32.2. The van der Waals surface area contributed by atoms with Gasteiger partial charge in [0.25, 0.3) is 0 Å². The van der Waals surface area contributed by atoms with Crippen LogP contribution in [0.1, 0.15) is 6.92 Å². The zero-order valence-electron chi connectivity index (χ0n) is 5.11. The van der Waals surface area contributed by atoms with Crippen molar-refractivity contribution in [2.24, 2.45) is 0 Å². The van der Waals surface area contributed by atoms with E-state index in [1.165, 1.54) is 0 Å². The molecule has 8 heavy (non-hydrogen) atoms. The van der Waals surface area contributed by atoms with Gasteiger partial charge >= 0.3 is 0 Å². The molecule has 0 amide bonds. The van der Waals surface area contributed by atoms with Gasteiger partial charge in [-0.1, -0.05) is 37.6 Å². The first-order chi connectivity index (χ1) is 3.66. The van der Waals surface area contributed by atoms with Crippen molar-refractivity contribution in [2.75, 3.05) is 0 Å². The summed E-state index contributed by atoms with van der Waals surface area (Å²) in [5.74, 6) is 0. The fraction of sp³-hybridized carbons (Fsp3) is 0.143. The average Bonchev–Trinajstić information content (AvgIpc) is 1.65. The Labute approximate surface area is 55.0 Å². The molecule has 0 bridgehead atoms. The number of hydrogen-bond donors (Lipinski definition) is 0. The zero-order valence-corrected chi connectivity index (χ0v) is 5.92. The smallest absolute Gasteiger partial charge is 0.00405 e. The predicted molar refractivity (Wildman–Crippen MR) is 41.7 cm³/mol. The molecule has 0 aromatic rings. The first-order valence-electron chi connectivity index (χ1n) is 2.31. The summed E-state index contributed by atoms with van der Waals surface area (Å²) >= 11 is 1.55. The number of hydrogen-bond acceptors (Lipinski definition) is 1. The Hall–Kier alpha value is -0.430. The van der Waals surface area contributed by atoms with Gasteiger partial charge in [0, 0.05) is 4.91 Å². The average molecular weight is 126 g/mol. The van der Waals surface area contributed by atoms with E-state index in [-0.39, 0.29) is 0 Å². The third-order valence-electron chi connectivity index (χ3n) is 0.533. The zero-order chi connectivity index (χ0) is 6.57. The number of thioether (sulfide) groups is 1. The van der Waals surface area contributed by atoms with Crippen molar-refractivity contribution >= 4 is 11.8 Å². The minimum atomic E-state index is 0.956. The van der Waals surface area contributed by atoms with Crippen LogP contribution in [0.2, 0.25) is 0 Å². The van der Waals surface area contributed by atoms with Gasteiger partial charge in [-0.05, 0) is 11.8 Å². The van der Waals surface area contributed by atoms with E-state index in [4.69, 9.17) is 0 Å². The molecule has 0 nitrogen and oxygen atoms in total. The fourth-order valence-electron chi connectivity index (χ4n) is 0.265. The molecule has 0 aromatic carbocycles. The van der Waals surface area contributed by atoms with E-state index in [0.717, 1.165) is 9.81 Å². The van der Waals surface area contributed by atoms with Gasteiger partial charge in [0.05, 0.1) is 0 Å². The maximum atomic E-state index is 3.70. The fourth-order valence-corrected chi connectivity index (χ4v) is 0.796. The highest BCUT2D eigenvalue weighted by Gasteiger charge is 1.85. The van der Waals surface area contributed by atoms with Gasteiger partial charge in [0.2, 0.25) is 0 Å². The van der Waals surface area contributed by atoms with Crippen LogP contribution in [-0.2, 0) is 0 Å². The Morgan fingerprint density at radius 3 is 2.12 bits per heavy atom. The number of rotatable bonds is 3. The molecule has 0 fully saturated rings. The molecule has 0 aliphatic heterocycles. The van der Waals surface area contributed by atoms with E-state index >= 15 is 0 Å². The lowest BCUT2D eigenvalue weighted by Gasteiger charge is -1.94. The summed E-state index contributed by atoms with van der Waals surface area (Å²) in [5, 5.41) is 0. The van der Waals surface area contributed by atoms with Crippen molar-refractivity contribution < 1.29 is 0 Å². The molecule has 0 radical (unpaired) electrons. The van der Waals surface area contributed by atoms with Crippen LogP contribution in [0.25, 0.3) is 0 Å². The van der Waals surface area contributed by atoms with Crippen molar-refractivity contribution in [1.29, 1.82) is 0 Å². The van der Waals surface area contributed by atoms with Crippen molar-refractivity contribution in [3.63, 3.8) is 0 Å². The summed E-state index contributed by atoms with van der Waals surface area (Å²) < 4.78 is 0. The summed E-state index contributed by atoms with van der Waals surface area (Å²) in [6.07, 6.45) is 1.72. The van der Waals surface area contributed by atoms with E-state index in [1.807, 2.05) is 6.92 Å². The number of allylic oxidation sites excluding steroid dienone is 2. The van der Waals surface area contributed by atoms with Gasteiger partial charge < -0.3 is 0 Å². The summed E-state index contributed by atoms with van der Waals surface area (Å²) in [4.78, 5) is 2.01. The van der Waals surface area contributed by atoms with Crippen molar-refractivity contribution in [2.45, 2.75) is 6.92 Å². The Balaban J connectivity index is 3.55. The van der Waals surface area contributed by atoms with E-state index in [2.05, 4.69) is 19.7 Å². The summed E-state index contributed by atoms with van der Waals surface area (Å²) in [6, 6.07) is 0. The largest absolute Gasteiger partial charge is 0.0980 e. The SMILES string of the molecule is C=CC(=C)SC(=C)C. The van der Waals surface area contributed by atoms with Gasteiger partial charge in [-0.15, -0.1) is 0 Å². The van der Waals surface area contributed by atoms with Gasteiger partial charge in [-0.2, -0.15) is 0 Å². The Bertz CT molecular complexity index is 122. The topological polar surface area (TPSA) is 0 Å². The minimum Gasteiger partial charge on any atom is -0.0980 e. The van der Waals surface area contributed by atoms with Crippen LogP contribution in [0.3, 0.4) is 0 Å². The lowest BCUT2D eigenvalue weighted by atomic mass is 10.6. The second-order valence-electron chi connectivity index (χ2n) is 1.47. The molecule has 0 N–H and O–H groups in total. The Morgan fingerprint density at radius 2 is 2.00 bits per heavy atom. The Morgan fingerprint density at radius 1 is 1.50 bits per heavy atom. The highest BCUT2D eigenvalue weighted by Crippen LogP contribution is 2.21. The van der Waals surface area contributed by atoms with Gasteiger partial charge in [0.15, 0.2) is 0 Å². The summed E-state index contributed by atoms with van der Waals surface area (Å²) in [6.45, 7) is 12.9. The third kappa shape index (κ3) is 3.75. The van der Waals surface area contributed by atoms with Crippen LogP contribution in [0.5, 0.6) is 0 Å². The molecule has 0 atom stereocenters. The van der Waals surface area contributed by atoms with Crippen molar-refractivity contribution in [1.82, 2.24) is 0 Å². The second kappa shape index (κ2) is 3.56. The minimum absolute atomic E-state index is 0.956. The molecular weight excluding hydrogens is 116 g/mol. The molecule has 0 aliphatic carbocycles. The quantitative estimate of drug-likeness (QED) is 0.524. The predicted octanol–water partition coefficient (Wildman–Crippen LogP) is 2.95. The van der Waals surface area contributed by atoms with E-state index in [1.54, 1.807) is 17.8 Å². The van der Waals surface area contributed by atoms with E-state index < -0.39 is 0 Å². The molecule has 0 rings (SSSR count). The van der Waals surface area contributed by atoms with Crippen molar-refractivity contribution in [3.05, 3.63) is 35.6 Å².